The Morgan fingerprint density at radius 1 is 1.44 bits per heavy atom. The topological polar surface area (TPSA) is 50.9 Å². The van der Waals surface area contributed by atoms with Gasteiger partial charge in [-0.15, -0.1) is 11.3 Å². The van der Waals surface area contributed by atoms with E-state index in [2.05, 4.69) is 55.3 Å². The standard InChI is InChI=1S/C12H13Br2N3S/c1-7-4-11(18-12(7)14)10(17-15)5-9-3-2-8(13)6-16-9/h2-4,6,10,17H,5,15H2,1H3. The minimum atomic E-state index is 0.0914. The van der Waals surface area contributed by atoms with Crippen LogP contribution in [-0.4, -0.2) is 4.98 Å². The highest BCUT2D eigenvalue weighted by atomic mass is 79.9. The zero-order valence-electron chi connectivity index (χ0n) is 9.78. The van der Waals surface area contributed by atoms with Crippen molar-refractivity contribution in [3.8, 4) is 0 Å². The summed E-state index contributed by atoms with van der Waals surface area (Å²) in [5, 5.41) is 0. The molecule has 0 aliphatic carbocycles. The number of hydrogen-bond acceptors (Lipinski definition) is 4. The van der Waals surface area contributed by atoms with Crippen LogP contribution in [-0.2, 0) is 6.42 Å². The molecule has 1 atom stereocenters. The maximum atomic E-state index is 5.65. The number of pyridine rings is 1. The van der Waals surface area contributed by atoms with Crippen LogP contribution in [0.5, 0.6) is 0 Å². The maximum absolute atomic E-state index is 5.65. The fourth-order valence-corrected chi connectivity index (χ4v) is 3.50. The molecule has 0 amide bonds. The average molecular weight is 391 g/mol. The van der Waals surface area contributed by atoms with Gasteiger partial charge in [0.15, 0.2) is 0 Å². The first-order valence-electron chi connectivity index (χ1n) is 5.42. The highest BCUT2D eigenvalue weighted by Crippen LogP contribution is 2.32. The van der Waals surface area contributed by atoms with Gasteiger partial charge in [0.05, 0.1) is 9.83 Å². The molecular weight excluding hydrogens is 378 g/mol. The zero-order chi connectivity index (χ0) is 13.1. The molecule has 0 radical (unpaired) electrons. The third-order valence-corrected chi connectivity index (χ3v) is 5.34. The molecule has 0 aliphatic heterocycles. The molecule has 0 fully saturated rings. The van der Waals surface area contributed by atoms with Crippen LogP contribution in [0.2, 0.25) is 0 Å². The third kappa shape index (κ3) is 3.39. The molecule has 0 aliphatic rings. The van der Waals surface area contributed by atoms with E-state index >= 15 is 0 Å². The van der Waals surface area contributed by atoms with Crippen LogP contribution < -0.4 is 11.3 Å². The van der Waals surface area contributed by atoms with Crippen LogP contribution in [0.4, 0.5) is 0 Å². The number of halogens is 2. The molecule has 0 aromatic carbocycles. The molecule has 2 rings (SSSR count). The number of nitrogens with one attached hydrogen (secondary N) is 1. The van der Waals surface area contributed by atoms with E-state index in [0.717, 1.165) is 20.4 Å². The molecule has 6 heteroatoms. The lowest BCUT2D eigenvalue weighted by molar-refractivity contribution is 0.554. The Morgan fingerprint density at radius 2 is 2.22 bits per heavy atom. The van der Waals surface area contributed by atoms with Crippen LogP contribution in [0, 0.1) is 6.92 Å². The van der Waals surface area contributed by atoms with E-state index in [1.54, 1.807) is 17.5 Å². The largest absolute Gasteiger partial charge is 0.271 e. The fourth-order valence-electron chi connectivity index (χ4n) is 1.63. The smallest absolute Gasteiger partial charge is 0.0731 e. The monoisotopic (exact) mass is 389 g/mol. The quantitative estimate of drug-likeness (QED) is 0.617. The van der Waals surface area contributed by atoms with E-state index in [0.29, 0.717) is 0 Å². The lowest BCUT2D eigenvalue weighted by atomic mass is 10.1. The molecule has 18 heavy (non-hydrogen) atoms. The summed E-state index contributed by atoms with van der Waals surface area (Å²) in [4.78, 5) is 5.59. The van der Waals surface area contributed by atoms with Gasteiger partial charge in [-0.05, 0) is 62.5 Å². The summed E-state index contributed by atoms with van der Waals surface area (Å²) in [5.74, 6) is 5.65. The Labute approximate surface area is 127 Å². The molecule has 1 unspecified atom stereocenters. The predicted octanol–water partition coefficient (Wildman–Crippen LogP) is 3.72. The predicted molar refractivity (Wildman–Crippen MR) is 82.5 cm³/mol. The van der Waals surface area contributed by atoms with Gasteiger partial charge in [0, 0.05) is 27.7 Å². The summed E-state index contributed by atoms with van der Waals surface area (Å²) >= 11 is 8.62. The van der Waals surface area contributed by atoms with Crippen LogP contribution in [0.25, 0.3) is 0 Å². The number of nitrogens with zero attached hydrogens (tertiary/aromatic N) is 1. The van der Waals surface area contributed by atoms with E-state index < -0.39 is 0 Å². The van der Waals surface area contributed by atoms with E-state index in [-0.39, 0.29) is 6.04 Å². The molecule has 0 spiro atoms. The Bertz CT molecular complexity index is 505. The minimum Gasteiger partial charge on any atom is -0.271 e. The molecular formula is C12H13Br2N3S. The van der Waals surface area contributed by atoms with Crippen molar-refractivity contribution < 1.29 is 0 Å². The zero-order valence-corrected chi connectivity index (χ0v) is 13.8. The molecule has 3 nitrogen and oxygen atoms in total. The van der Waals surface area contributed by atoms with Gasteiger partial charge in [-0.3, -0.25) is 16.3 Å². The van der Waals surface area contributed by atoms with Crippen molar-refractivity contribution in [1.29, 1.82) is 0 Å². The first-order valence-corrected chi connectivity index (χ1v) is 7.83. The Balaban J connectivity index is 2.16. The SMILES string of the molecule is Cc1cc(C(Cc2ccc(Br)cn2)NN)sc1Br. The van der Waals surface area contributed by atoms with Crippen molar-refractivity contribution >= 4 is 43.2 Å². The Morgan fingerprint density at radius 3 is 2.72 bits per heavy atom. The number of rotatable bonds is 4. The summed E-state index contributed by atoms with van der Waals surface area (Å²) in [6, 6.07) is 6.24. The molecule has 0 saturated carbocycles. The normalized spacial score (nSPS) is 12.7. The maximum Gasteiger partial charge on any atom is 0.0731 e. The van der Waals surface area contributed by atoms with Crippen molar-refractivity contribution in [3.05, 3.63) is 48.8 Å². The van der Waals surface area contributed by atoms with Gasteiger partial charge in [-0.2, -0.15) is 0 Å². The van der Waals surface area contributed by atoms with Gasteiger partial charge < -0.3 is 0 Å². The van der Waals surface area contributed by atoms with Gasteiger partial charge in [-0.25, -0.2) is 0 Å². The fraction of sp³-hybridized carbons (Fsp3) is 0.250. The van der Waals surface area contributed by atoms with Crippen molar-refractivity contribution in [2.24, 2.45) is 5.84 Å². The van der Waals surface area contributed by atoms with E-state index in [9.17, 15) is 0 Å². The number of hydrazine groups is 1. The second kappa shape index (κ2) is 6.25. The number of nitrogens with two attached hydrogens (primary N) is 1. The number of thiophene rings is 1. The summed E-state index contributed by atoms with van der Waals surface area (Å²) in [6.45, 7) is 2.08. The molecule has 3 N–H and O–H groups in total. The average Bonchev–Trinajstić information content (AvgIpc) is 2.69. The molecule has 2 aromatic heterocycles. The van der Waals surface area contributed by atoms with Crippen LogP contribution in [0.1, 0.15) is 22.2 Å². The first kappa shape index (κ1) is 14.1. The van der Waals surface area contributed by atoms with E-state index in [4.69, 9.17) is 5.84 Å². The van der Waals surface area contributed by atoms with E-state index in [1.807, 2.05) is 12.1 Å². The Kier molecular flexibility index (Phi) is 4.91. The van der Waals surface area contributed by atoms with Crippen molar-refractivity contribution in [2.45, 2.75) is 19.4 Å². The van der Waals surface area contributed by atoms with Gasteiger partial charge in [0.25, 0.3) is 0 Å². The highest BCUT2D eigenvalue weighted by Gasteiger charge is 2.15. The summed E-state index contributed by atoms with van der Waals surface area (Å²) < 4.78 is 2.14. The molecule has 2 aromatic rings. The summed E-state index contributed by atoms with van der Waals surface area (Å²) in [6.07, 6.45) is 2.58. The number of aryl methyl sites for hydroxylation is 1. The lowest BCUT2D eigenvalue weighted by Gasteiger charge is -2.13. The molecule has 0 saturated heterocycles. The lowest BCUT2D eigenvalue weighted by Crippen LogP contribution is -2.29. The second-order valence-electron chi connectivity index (χ2n) is 4.00. The highest BCUT2D eigenvalue weighted by molar-refractivity contribution is 9.11. The van der Waals surface area contributed by atoms with Crippen molar-refractivity contribution in [1.82, 2.24) is 10.4 Å². The Hall–Kier alpha value is -0.270. The van der Waals surface area contributed by atoms with Gasteiger partial charge in [0.1, 0.15) is 0 Å². The van der Waals surface area contributed by atoms with Crippen molar-refractivity contribution in [2.75, 3.05) is 0 Å². The van der Waals surface area contributed by atoms with Crippen molar-refractivity contribution in [3.63, 3.8) is 0 Å². The second-order valence-corrected chi connectivity index (χ2v) is 7.31. The van der Waals surface area contributed by atoms with Gasteiger partial charge in [0.2, 0.25) is 0 Å². The third-order valence-electron chi connectivity index (χ3n) is 2.62. The van der Waals surface area contributed by atoms with Gasteiger partial charge in [-0.1, -0.05) is 0 Å². The number of aromatic nitrogens is 1. The van der Waals surface area contributed by atoms with Gasteiger partial charge >= 0.3 is 0 Å². The summed E-state index contributed by atoms with van der Waals surface area (Å²) in [5.41, 5.74) is 5.11. The molecule has 0 bridgehead atoms. The first-order chi connectivity index (χ1) is 8.60. The van der Waals surface area contributed by atoms with E-state index in [1.165, 1.54) is 10.4 Å². The van der Waals surface area contributed by atoms with Crippen LogP contribution in [0.3, 0.4) is 0 Å². The minimum absolute atomic E-state index is 0.0914. The molecule has 96 valence electrons. The number of hydrogen-bond donors (Lipinski definition) is 2. The van der Waals surface area contributed by atoms with Crippen LogP contribution in [0.15, 0.2) is 32.7 Å². The molecule has 2 heterocycles. The summed E-state index contributed by atoms with van der Waals surface area (Å²) in [7, 11) is 0. The van der Waals surface area contributed by atoms with Crippen LogP contribution >= 0.6 is 43.2 Å².